The molecule has 1 aliphatic rings. The highest BCUT2D eigenvalue weighted by Gasteiger charge is 2.32. The van der Waals surface area contributed by atoms with E-state index in [0.29, 0.717) is 43.3 Å². The zero-order valence-electron chi connectivity index (χ0n) is 16.5. The van der Waals surface area contributed by atoms with E-state index in [1.54, 1.807) is 12.1 Å². The molecule has 5 nitrogen and oxygen atoms in total. The van der Waals surface area contributed by atoms with E-state index in [1.165, 1.54) is 4.31 Å². The van der Waals surface area contributed by atoms with E-state index in [4.69, 9.17) is 0 Å². The van der Waals surface area contributed by atoms with E-state index in [1.807, 2.05) is 42.5 Å². The lowest BCUT2D eigenvalue weighted by Gasteiger charge is -2.30. The summed E-state index contributed by atoms with van der Waals surface area (Å²) < 4.78 is 27.3. The molecule has 2 aromatic carbocycles. The van der Waals surface area contributed by atoms with Crippen LogP contribution in [0.1, 0.15) is 43.7 Å². The zero-order chi connectivity index (χ0) is 20.1. The highest BCUT2D eigenvalue weighted by Crippen LogP contribution is 2.25. The Labute approximate surface area is 167 Å². The summed E-state index contributed by atoms with van der Waals surface area (Å²) in [4.78, 5) is 12.7. The molecule has 0 saturated carbocycles. The quantitative estimate of drug-likeness (QED) is 0.807. The molecule has 0 aromatic heterocycles. The van der Waals surface area contributed by atoms with Gasteiger partial charge in [-0.05, 0) is 42.0 Å². The van der Waals surface area contributed by atoms with Gasteiger partial charge in [0.15, 0.2) is 0 Å². The van der Waals surface area contributed by atoms with Crippen molar-refractivity contribution in [1.82, 2.24) is 9.62 Å². The fourth-order valence-corrected chi connectivity index (χ4v) is 4.93. The Bertz CT molecular complexity index is 885. The first-order valence-corrected chi connectivity index (χ1v) is 11.2. The van der Waals surface area contributed by atoms with Crippen molar-refractivity contribution in [3.05, 3.63) is 65.7 Å². The molecule has 28 heavy (non-hydrogen) atoms. The van der Waals surface area contributed by atoms with E-state index in [2.05, 4.69) is 19.2 Å². The van der Waals surface area contributed by atoms with Crippen LogP contribution in [0, 0.1) is 5.92 Å². The van der Waals surface area contributed by atoms with E-state index in [-0.39, 0.29) is 11.8 Å². The molecule has 0 radical (unpaired) electrons. The molecule has 150 valence electrons. The molecule has 0 unspecified atom stereocenters. The average Bonchev–Trinajstić information content (AvgIpc) is 2.73. The summed E-state index contributed by atoms with van der Waals surface area (Å²) in [5.74, 6) is 0.225. The molecule has 2 aromatic rings. The lowest BCUT2D eigenvalue weighted by atomic mass is 9.97. The number of sulfonamides is 1. The standard InChI is InChI=1S/C22H28N2O3S/c1-17(2)19-8-10-21(11-9-19)28(26,27)24-14-12-20(13-15-24)22(25)23-16-18-6-4-3-5-7-18/h3-11,17,20H,12-16H2,1-2H3,(H,23,25). The maximum absolute atomic E-state index is 12.9. The Kier molecular flexibility index (Phi) is 6.52. The van der Waals surface area contributed by atoms with Crippen molar-refractivity contribution >= 4 is 15.9 Å². The van der Waals surface area contributed by atoms with Gasteiger partial charge in [-0.1, -0.05) is 56.3 Å². The lowest BCUT2D eigenvalue weighted by Crippen LogP contribution is -2.42. The topological polar surface area (TPSA) is 66.5 Å². The summed E-state index contributed by atoms with van der Waals surface area (Å²) in [5.41, 5.74) is 2.17. The zero-order valence-corrected chi connectivity index (χ0v) is 17.3. The van der Waals surface area contributed by atoms with Crippen molar-refractivity contribution in [3.8, 4) is 0 Å². The van der Waals surface area contributed by atoms with Gasteiger partial charge in [0.1, 0.15) is 0 Å². The van der Waals surface area contributed by atoms with E-state index in [9.17, 15) is 13.2 Å². The van der Waals surface area contributed by atoms with Gasteiger partial charge in [0.2, 0.25) is 15.9 Å². The molecular formula is C22H28N2O3S. The fourth-order valence-electron chi connectivity index (χ4n) is 3.46. The number of hydrogen-bond acceptors (Lipinski definition) is 3. The van der Waals surface area contributed by atoms with Gasteiger partial charge in [0.25, 0.3) is 0 Å². The van der Waals surface area contributed by atoms with Gasteiger partial charge in [-0.3, -0.25) is 4.79 Å². The normalized spacial score (nSPS) is 16.2. The molecule has 1 heterocycles. The average molecular weight is 401 g/mol. The Morgan fingerprint density at radius 2 is 1.64 bits per heavy atom. The van der Waals surface area contributed by atoms with Crippen LogP contribution >= 0.6 is 0 Å². The first-order chi connectivity index (χ1) is 13.4. The number of benzene rings is 2. The Morgan fingerprint density at radius 3 is 2.21 bits per heavy atom. The number of piperidine rings is 1. The molecule has 6 heteroatoms. The predicted octanol–water partition coefficient (Wildman–Crippen LogP) is 3.53. The maximum atomic E-state index is 12.9. The van der Waals surface area contributed by atoms with Gasteiger partial charge in [0, 0.05) is 25.6 Å². The second-order valence-electron chi connectivity index (χ2n) is 7.61. The molecule has 0 aliphatic carbocycles. The number of amides is 1. The van der Waals surface area contributed by atoms with Crippen molar-refractivity contribution in [2.75, 3.05) is 13.1 Å². The van der Waals surface area contributed by atoms with Gasteiger partial charge in [-0.15, -0.1) is 0 Å². The monoisotopic (exact) mass is 400 g/mol. The molecule has 1 saturated heterocycles. The first-order valence-electron chi connectivity index (χ1n) is 9.79. The molecular weight excluding hydrogens is 372 g/mol. The van der Waals surface area contributed by atoms with Gasteiger partial charge >= 0.3 is 0 Å². The second-order valence-corrected chi connectivity index (χ2v) is 9.54. The third kappa shape index (κ3) is 4.80. The van der Waals surface area contributed by atoms with Crippen molar-refractivity contribution in [1.29, 1.82) is 0 Å². The number of hydrogen-bond donors (Lipinski definition) is 1. The largest absolute Gasteiger partial charge is 0.352 e. The minimum atomic E-state index is -3.51. The van der Waals surface area contributed by atoms with Crippen LogP contribution in [0.25, 0.3) is 0 Å². The van der Waals surface area contributed by atoms with Crippen LogP contribution in [-0.2, 0) is 21.4 Å². The van der Waals surface area contributed by atoms with Crippen molar-refractivity contribution in [2.24, 2.45) is 5.92 Å². The summed E-state index contributed by atoms with van der Waals surface area (Å²) >= 11 is 0. The summed E-state index contributed by atoms with van der Waals surface area (Å²) in [6.07, 6.45) is 1.09. The van der Waals surface area contributed by atoms with Gasteiger partial charge in [0.05, 0.1) is 4.90 Å². The first kappa shape index (κ1) is 20.6. The smallest absolute Gasteiger partial charge is 0.243 e. The Hall–Kier alpha value is -2.18. The fraction of sp³-hybridized carbons (Fsp3) is 0.409. The highest BCUT2D eigenvalue weighted by molar-refractivity contribution is 7.89. The molecule has 3 rings (SSSR count). The van der Waals surface area contributed by atoms with Crippen LogP contribution in [0.15, 0.2) is 59.5 Å². The van der Waals surface area contributed by atoms with Crippen LogP contribution in [0.5, 0.6) is 0 Å². The van der Waals surface area contributed by atoms with Crippen LogP contribution in [0.3, 0.4) is 0 Å². The Balaban J connectivity index is 1.55. The molecule has 1 aliphatic heterocycles. The molecule has 0 spiro atoms. The number of carbonyl (C=O) groups excluding carboxylic acids is 1. The van der Waals surface area contributed by atoms with Crippen LogP contribution in [0.2, 0.25) is 0 Å². The molecule has 1 fully saturated rings. The third-order valence-electron chi connectivity index (χ3n) is 5.32. The number of carbonyl (C=O) groups is 1. The van der Waals surface area contributed by atoms with Gasteiger partial charge in [-0.2, -0.15) is 4.31 Å². The van der Waals surface area contributed by atoms with E-state index in [0.717, 1.165) is 11.1 Å². The second kappa shape index (κ2) is 8.88. The number of rotatable bonds is 6. The molecule has 0 atom stereocenters. The number of nitrogens with zero attached hydrogens (tertiary/aromatic N) is 1. The maximum Gasteiger partial charge on any atom is 0.243 e. The van der Waals surface area contributed by atoms with Gasteiger partial charge < -0.3 is 5.32 Å². The Morgan fingerprint density at radius 1 is 1.04 bits per heavy atom. The lowest BCUT2D eigenvalue weighted by molar-refractivity contribution is -0.126. The van der Waals surface area contributed by atoms with Crippen LogP contribution < -0.4 is 5.32 Å². The minimum Gasteiger partial charge on any atom is -0.352 e. The van der Waals surface area contributed by atoms with E-state index >= 15 is 0 Å². The highest BCUT2D eigenvalue weighted by atomic mass is 32.2. The third-order valence-corrected chi connectivity index (χ3v) is 7.23. The predicted molar refractivity (Wildman–Crippen MR) is 110 cm³/mol. The summed E-state index contributed by atoms with van der Waals surface area (Å²) in [5, 5.41) is 2.96. The van der Waals surface area contributed by atoms with Gasteiger partial charge in [-0.25, -0.2) is 8.42 Å². The molecule has 0 bridgehead atoms. The van der Waals surface area contributed by atoms with Crippen LogP contribution in [-0.4, -0.2) is 31.7 Å². The SMILES string of the molecule is CC(C)c1ccc(S(=O)(=O)N2CCC(C(=O)NCc3ccccc3)CC2)cc1. The summed E-state index contributed by atoms with van der Waals surface area (Å²) in [6.45, 7) is 5.41. The van der Waals surface area contributed by atoms with Crippen molar-refractivity contribution in [2.45, 2.75) is 44.0 Å². The van der Waals surface area contributed by atoms with E-state index < -0.39 is 10.0 Å². The molecule has 1 amide bonds. The van der Waals surface area contributed by atoms with Crippen LogP contribution in [0.4, 0.5) is 0 Å². The number of nitrogens with one attached hydrogen (secondary N) is 1. The van der Waals surface area contributed by atoms with Crippen molar-refractivity contribution in [3.63, 3.8) is 0 Å². The summed E-state index contributed by atoms with van der Waals surface area (Å²) in [7, 11) is -3.51. The van der Waals surface area contributed by atoms with Crippen molar-refractivity contribution < 1.29 is 13.2 Å². The summed E-state index contributed by atoms with van der Waals surface area (Å²) in [6, 6.07) is 16.9. The minimum absolute atomic E-state index is 0.00203. The molecule has 1 N–H and O–H groups in total.